The zero-order chi connectivity index (χ0) is 30.5. The number of carbonyl (C=O) groups excluding carboxylic acids is 1. The molecule has 4 aromatic rings. The van der Waals surface area contributed by atoms with Crippen molar-refractivity contribution in [3.05, 3.63) is 70.9 Å². The van der Waals surface area contributed by atoms with Crippen LogP contribution in [0.15, 0.2) is 54.7 Å². The summed E-state index contributed by atoms with van der Waals surface area (Å²) in [5.41, 5.74) is 3.05. The van der Waals surface area contributed by atoms with E-state index in [9.17, 15) is 23.1 Å². The van der Waals surface area contributed by atoms with Crippen LogP contribution >= 0.6 is 11.3 Å². The normalized spacial score (nSPS) is 19.0. The van der Waals surface area contributed by atoms with Crippen LogP contribution in [0.1, 0.15) is 47.6 Å². The summed E-state index contributed by atoms with van der Waals surface area (Å²) >= 11 is 1.20. The van der Waals surface area contributed by atoms with E-state index < -0.39 is 11.7 Å². The van der Waals surface area contributed by atoms with E-state index in [0.717, 1.165) is 55.0 Å². The van der Waals surface area contributed by atoms with Crippen molar-refractivity contribution in [2.45, 2.75) is 58.5 Å². The highest BCUT2D eigenvalue weighted by atomic mass is 32.1. The van der Waals surface area contributed by atoms with Crippen molar-refractivity contribution >= 4 is 22.9 Å². The Bertz CT molecular complexity index is 1610. The number of aryl methyl sites for hydroxylation is 1. The first-order chi connectivity index (χ1) is 20.4. The topological polar surface area (TPSA) is 87.4 Å². The molecule has 6 rings (SSSR count). The zero-order valence-electron chi connectivity index (χ0n) is 24.2. The van der Waals surface area contributed by atoms with E-state index in [1.165, 1.54) is 23.5 Å². The van der Waals surface area contributed by atoms with Gasteiger partial charge in [-0.2, -0.15) is 13.2 Å². The zero-order valence-corrected chi connectivity index (χ0v) is 25.0. The van der Waals surface area contributed by atoms with Crippen molar-refractivity contribution in [3.8, 4) is 21.8 Å². The summed E-state index contributed by atoms with van der Waals surface area (Å²) in [5, 5.41) is 19.0. The lowest BCUT2D eigenvalue weighted by Gasteiger charge is -2.54. The van der Waals surface area contributed by atoms with Gasteiger partial charge in [0.15, 0.2) is 0 Å². The molecule has 2 fully saturated rings. The highest BCUT2D eigenvalue weighted by molar-refractivity contribution is 7.17. The lowest BCUT2D eigenvalue weighted by molar-refractivity contribution is -0.137. The summed E-state index contributed by atoms with van der Waals surface area (Å²) in [4.78, 5) is 22.7. The molecule has 2 aliphatic heterocycles. The van der Waals surface area contributed by atoms with Gasteiger partial charge >= 0.3 is 6.18 Å². The second kappa shape index (κ2) is 11.1. The Hall–Kier alpha value is -3.77. The number of amides is 1. The number of anilines is 1. The fourth-order valence-electron chi connectivity index (χ4n) is 5.84. The number of aliphatic hydroxyl groups excluding tert-OH is 1. The Morgan fingerprint density at radius 2 is 1.70 bits per heavy atom. The largest absolute Gasteiger partial charge is 0.416 e. The minimum atomic E-state index is -4.41. The molecule has 8 nitrogen and oxygen atoms in total. The highest BCUT2D eigenvalue weighted by Crippen LogP contribution is 2.41. The van der Waals surface area contributed by atoms with Gasteiger partial charge in [-0.3, -0.25) is 4.79 Å². The first-order valence-corrected chi connectivity index (χ1v) is 15.1. The second-order valence-electron chi connectivity index (χ2n) is 12.0. The smallest absolute Gasteiger partial charge is 0.393 e. The first-order valence-electron chi connectivity index (χ1n) is 14.3. The third-order valence-corrected chi connectivity index (χ3v) is 9.65. The molecule has 43 heavy (non-hydrogen) atoms. The van der Waals surface area contributed by atoms with E-state index in [1.54, 1.807) is 11.6 Å². The standard InChI is InChI=1S/C31H33F3N6O2S/c1-19-27(43-28(35-19)21-4-8-22(9-5-21)31(32,33)34)29(42)40-18-30(2,3)26(40)17-39-16-25(36-37-39)20-6-10-23(11-7-20)38-14-12-24(41)13-15-38/h4-11,16,24,26,41H,12-15,17-18H2,1-3H3. The molecule has 2 aromatic heterocycles. The van der Waals surface area contributed by atoms with Crippen molar-refractivity contribution in [1.82, 2.24) is 24.9 Å². The van der Waals surface area contributed by atoms with Gasteiger partial charge in [0.2, 0.25) is 0 Å². The molecule has 0 spiro atoms. The van der Waals surface area contributed by atoms with Crippen LogP contribution in [0, 0.1) is 12.3 Å². The minimum absolute atomic E-state index is 0.123. The Labute approximate surface area is 251 Å². The highest BCUT2D eigenvalue weighted by Gasteiger charge is 2.49. The predicted octanol–water partition coefficient (Wildman–Crippen LogP) is 5.91. The van der Waals surface area contributed by atoms with Gasteiger partial charge in [-0.05, 0) is 44.0 Å². The number of hydrogen-bond acceptors (Lipinski definition) is 7. The SMILES string of the molecule is Cc1nc(-c2ccc(C(F)(F)F)cc2)sc1C(=O)N1CC(C)(C)C1Cn1cc(-c2ccc(N3CCC(O)CC3)cc2)nn1. The predicted molar refractivity (Wildman–Crippen MR) is 159 cm³/mol. The number of nitrogens with zero attached hydrogens (tertiary/aromatic N) is 6. The number of alkyl halides is 3. The van der Waals surface area contributed by atoms with Gasteiger partial charge in [-0.1, -0.05) is 43.3 Å². The van der Waals surface area contributed by atoms with Gasteiger partial charge in [0.1, 0.15) is 15.6 Å². The molecule has 226 valence electrons. The van der Waals surface area contributed by atoms with E-state index in [2.05, 4.69) is 46.2 Å². The molecule has 2 aliphatic rings. The molecular formula is C31H33F3N6O2S. The van der Waals surface area contributed by atoms with Crippen LogP contribution in [0.5, 0.6) is 0 Å². The lowest BCUT2D eigenvalue weighted by atomic mass is 9.74. The maximum absolute atomic E-state index is 13.7. The molecule has 2 saturated heterocycles. The Morgan fingerprint density at radius 3 is 2.33 bits per heavy atom. The van der Waals surface area contributed by atoms with E-state index >= 15 is 0 Å². The van der Waals surface area contributed by atoms with Gasteiger partial charge in [-0.15, -0.1) is 16.4 Å². The van der Waals surface area contributed by atoms with Crippen molar-refractivity contribution in [3.63, 3.8) is 0 Å². The summed E-state index contributed by atoms with van der Waals surface area (Å²) in [6.45, 7) is 8.70. The molecule has 0 bridgehead atoms. The molecule has 1 amide bonds. The minimum Gasteiger partial charge on any atom is -0.393 e. The van der Waals surface area contributed by atoms with Gasteiger partial charge in [0.25, 0.3) is 5.91 Å². The number of aliphatic hydroxyl groups is 1. The van der Waals surface area contributed by atoms with Gasteiger partial charge < -0.3 is 14.9 Å². The third-order valence-electron chi connectivity index (χ3n) is 8.46. The van der Waals surface area contributed by atoms with Crippen LogP contribution in [-0.2, 0) is 12.7 Å². The van der Waals surface area contributed by atoms with E-state index in [-0.39, 0.29) is 23.5 Å². The second-order valence-corrected chi connectivity index (χ2v) is 13.0. The molecule has 0 aliphatic carbocycles. The molecule has 0 radical (unpaired) electrons. The van der Waals surface area contributed by atoms with Crippen molar-refractivity contribution in [2.75, 3.05) is 24.5 Å². The van der Waals surface area contributed by atoms with Crippen LogP contribution in [0.2, 0.25) is 0 Å². The molecule has 12 heteroatoms. The van der Waals surface area contributed by atoms with Crippen LogP contribution in [0.3, 0.4) is 0 Å². The Morgan fingerprint density at radius 1 is 1.05 bits per heavy atom. The van der Waals surface area contributed by atoms with Crippen LogP contribution in [0.4, 0.5) is 18.9 Å². The molecule has 4 heterocycles. The van der Waals surface area contributed by atoms with Gasteiger partial charge in [-0.25, -0.2) is 9.67 Å². The number of halogens is 3. The number of aromatic nitrogens is 4. The van der Waals surface area contributed by atoms with Crippen LogP contribution in [-0.4, -0.2) is 67.7 Å². The summed E-state index contributed by atoms with van der Waals surface area (Å²) < 4.78 is 40.7. The summed E-state index contributed by atoms with van der Waals surface area (Å²) in [5.74, 6) is -0.140. The number of thiazole rings is 1. The van der Waals surface area contributed by atoms with E-state index in [4.69, 9.17) is 0 Å². The quantitative estimate of drug-likeness (QED) is 0.292. The average molecular weight is 611 g/mol. The maximum Gasteiger partial charge on any atom is 0.416 e. The fourth-order valence-corrected chi connectivity index (χ4v) is 6.87. The van der Waals surface area contributed by atoms with Crippen LogP contribution < -0.4 is 4.90 Å². The van der Waals surface area contributed by atoms with Gasteiger partial charge in [0.05, 0.1) is 36.1 Å². The van der Waals surface area contributed by atoms with Crippen molar-refractivity contribution < 1.29 is 23.1 Å². The molecule has 2 aromatic carbocycles. The molecule has 0 saturated carbocycles. The Kier molecular flexibility index (Phi) is 7.54. The number of rotatable bonds is 6. The Balaban J connectivity index is 1.14. The van der Waals surface area contributed by atoms with E-state index in [1.807, 2.05) is 23.2 Å². The monoisotopic (exact) mass is 610 g/mol. The number of likely N-dealkylation sites (tertiary alicyclic amines) is 1. The molecule has 1 atom stereocenters. The van der Waals surface area contributed by atoms with Gasteiger partial charge in [0, 0.05) is 41.9 Å². The molecule has 1 unspecified atom stereocenters. The fraction of sp³-hybridized carbons (Fsp3) is 0.419. The molecule has 1 N–H and O–H groups in total. The van der Waals surface area contributed by atoms with Crippen molar-refractivity contribution in [2.24, 2.45) is 5.41 Å². The molecular weight excluding hydrogens is 577 g/mol. The van der Waals surface area contributed by atoms with Crippen molar-refractivity contribution in [1.29, 1.82) is 0 Å². The first kappa shape index (κ1) is 29.3. The third kappa shape index (κ3) is 5.90. The maximum atomic E-state index is 13.7. The summed E-state index contributed by atoms with van der Waals surface area (Å²) in [7, 11) is 0. The summed E-state index contributed by atoms with van der Waals surface area (Å²) in [6, 6.07) is 12.9. The number of hydrogen-bond donors (Lipinski definition) is 1. The lowest BCUT2D eigenvalue weighted by Crippen LogP contribution is -2.65. The summed E-state index contributed by atoms with van der Waals surface area (Å²) in [6.07, 6.45) is -1.18. The van der Waals surface area contributed by atoms with Crippen LogP contribution in [0.25, 0.3) is 21.8 Å². The van der Waals surface area contributed by atoms with E-state index in [0.29, 0.717) is 34.2 Å². The number of carbonyl (C=O) groups is 1. The number of piperidine rings is 1. The number of benzene rings is 2. The average Bonchev–Trinajstić information content (AvgIpc) is 3.61.